The van der Waals surface area contributed by atoms with Gasteiger partial charge in [-0.25, -0.2) is 4.68 Å². The van der Waals surface area contributed by atoms with Crippen molar-refractivity contribution in [2.75, 3.05) is 0 Å². The summed E-state index contributed by atoms with van der Waals surface area (Å²) in [6.07, 6.45) is 1.67. The Morgan fingerprint density at radius 1 is 1.19 bits per heavy atom. The van der Waals surface area contributed by atoms with E-state index in [1.165, 1.54) is 10.4 Å². The Morgan fingerprint density at radius 3 is 2.76 bits per heavy atom. The minimum absolute atomic E-state index is 0.0883. The maximum absolute atomic E-state index is 9.52. The maximum Gasteiger partial charge on any atom is 0.112 e. The second-order valence-electron chi connectivity index (χ2n) is 4.79. The smallest absolute Gasteiger partial charge is 0.112 e. The van der Waals surface area contributed by atoms with Gasteiger partial charge in [-0.15, -0.1) is 16.4 Å². The van der Waals surface area contributed by atoms with Crippen molar-refractivity contribution < 1.29 is 5.11 Å². The Labute approximate surface area is 127 Å². The van der Waals surface area contributed by atoms with Gasteiger partial charge in [0.25, 0.3) is 0 Å². The fraction of sp³-hybridized carbons (Fsp3) is 0.250. The van der Waals surface area contributed by atoms with Crippen LogP contribution >= 0.6 is 11.3 Å². The van der Waals surface area contributed by atoms with E-state index in [2.05, 4.69) is 34.7 Å². The van der Waals surface area contributed by atoms with Crippen molar-refractivity contribution in [1.82, 2.24) is 15.0 Å². The van der Waals surface area contributed by atoms with Crippen LogP contribution in [0.4, 0.5) is 0 Å². The molecule has 0 amide bonds. The van der Waals surface area contributed by atoms with Crippen LogP contribution in [0.25, 0.3) is 5.69 Å². The fourth-order valence-electron chi connectivity index (χ4n) is 2.42. The van der Waals surface area contributed by atoms with E-state index in [0.29, 0.717) is 5.69 Å². The molecule has 21 heavy (non-hydrogen) atoms. The molecular weight excluding hydrogens is 282 g/mol. The Kier molecular flexibility index (Phi) is 4.13. The highest BCUT2D eigenvalue weighted by Gasteiger charge is 2.16. The van der Waals surface area contributed by atoms with Gasteiger partial charge in [0.1, 0.15) is 5.69 Å². The molecule has 0 saturated heterocycles. The highest BCUT2D eigenvalue weighted by atomic mass is 32.1. The first-order valence-corrected chi connectivity index (χ1v) is 7.86. The van der Waals surface area contributed by atoms with Crippen molar-refractivity contribution in [2.45, 2.75) is 26.4 Å². The van der Waals surface area contributed by atoms with Gasteiger partial charge in [0.15, 0.2) is 0 Å². The molecule has 0 unspecified atom stereocenters. The number of aryl methyl sites for hydroxylation is 1. The molecule has 108 valence electrons. The summed E-state index contributed by atoms with van der Waals surface area (Å²) in [4.78, 5) is 1.24. The topological polar surface area (TPSA) is 50.9 Å². The number of hydrogen-bond acceptors (Lipinski definition) is 4. The summed E-state index contributed by atoms with van der Waals surface area (Å²) < 4.78 is 1.87. The summed E-state index contributed by atoms with van der Waals surface area (Å²) in [5.74, 6) is 0. The van der Waals surface area contributed by atoms with Crippen LogP contribution in [0.15, 0.2) is 41.8 Å². The fourth-order valence-corrected chi connectivity index (χ4v) is 3.13. The monoisotopic (exact) mass is 299 g/mol. The molecule has 1 aromatic carbocycles. The van der Waals surface area contributed by atoms with Crippen LogP contribution in [0.2, 0.25) is 0 Å². The Hall–Kier alpha value is -1.98. The molecule has 2 aromatic heterocycles. The number of hydrogen-bond donors (Lipinski definition) is 1. The minimum Gasteiger partial charge on any atom is -0.390 e. The van der Waals surface area contributed by atoms with Crippen LogP contribution in [-0.4, -0.2) is 20.1 Å². The number of aliphatic hydroxyl groups is 1. The van der Waals surface area contributed by atoms with Crippen molar-refractivity contribution in [3.8, 4) is 5.69 Å². The molecule has 2 heterocycles. The van der Waals surface area contributed by atoms with Crippen LogP contribution in [-0.2, 0) is 19.4 Å². The second-order valence-corrected chi connectivity index (χ2v) is 5.82. The maximum atomic E-state index is 9.52. The normalized spacial score (nSPS) is 11.0. The lowest BCUT2D eigenvalue weighted by Gasteiger charge is -2.10. The molecule has 4 nitrogen and oxygen atoms in total. The van der Waals surface area contributed by atoms with E-state index in [9.17, 15) is 5.11 Å². The van der Waals surface area contributed by atoms with E-state index >= 15 is 0 Å². The zero-order chi connectivity index (χ0) is 14.7. The molecule has 0 atom stereocenters. The van der Waals surface area contributed by atoms with Crippen molar-refractivity contribution in [1.29, 1.82) is 0 Å². The predicted molar refractivity (Wildman–Crippen MR) is 83.8 cm³/mol. The Morgan fingerprint density at radius 2 is 2.05 bits per heavy atom. The first-order chi connectivity index (χ1) is 10.3. The summed E-state index contributed by atoms with van der Waals surface area (Å²) in [6.45, 7) is 2.04. The molecule has 0 aliphatic heterocycles. The van der Waals surface area contributed by atoms with Gasteiger partial charge in [0.2, 0.25) is 0 Å². The molecule has 3 rings (SSSR count). The average Bonchev–Trinajstić information content (AvgIpc) is 3.17. The minimum atomic E-state index is -0.0883. The van der Waals surface area contributed by atoms with E-state index in [1.807, 2.05) is 28.9 Å². The van der Waals surface area contributed by atoms with Gasteiger partial charge in [-0.3, -0.25) is 0 Å². The van der Waals surface area contributed by atoms with E-state index < -0.39 is 0 Å². The van der Waals surface area contributed by atoms with Crippen molar-refractivity contribution >= 4 is 11.3 Å². The van der Waals surface area contributed by atoms with Gasteiger partial charge in [-0.05, 0) is 29.5 Å². The summed E-state index contributed by atoms with van der Waals surface area (Å²) in [6, 6.07) is 12.3. The third kappa shape index (κ3) is 2.75. The van der Waals surface area contributed by atoms with Gasteiger partial charge in [0, 0.05) is 11.3 Å². The molecule has 0 aliphatic rings. The van der Waals surface area contributed by atoms with Crippen LogP contribution < -0.4 is 0 Å². The summed E-state index contributed by atoms with van der Waals surface area (Å²) in [7, 11) is 0. The van der Waals surface area contributed by atoms with E-state index in [4.69, 9.17) is 0 Å². The van der Waals surface area contributed by atoms with E-state index in [0.717, 1.165) is 24.2 Å². The van der Waals surface area contributed by atoms with E-state index in [-0.39, 0.29) is 6.61 Å². The predicted octanol–water partition coefficient (Wildman–Crippen LogP) is 2.97. The first-order valence-electron chi connectivity index (χ1n) is 6.98. The first kappa shape index (κ1) is 14.0. The molecular formula is C16H17N3OS. The lowest BCUT2D eigenvalue weighted by molar-refractivity contribution is 0.275. The second kappa shape index (κ2) is 6.20. The number of benzene rings is 1. The molecule has 0 bridgehead atoms. The van der Waals surface area contributed by atoms with Crippen molar-refractivity contribution in [2.24, 2.45) is 0 Å². The zero-order valence-corrected chi connectivity index (χ0v) is 12.7. The van der Waals surface area contributed by atoms with Gasteiger partial charge in [0.05, 0.1) is 18.0 Å². The quantitative estimate of drug-likeness (QED) is 0.788. The highest BCUT2D eigenvalue weighted by Crippen LogP contribution is 2.22. The number of para-hydroxylation sites is 1. The molecule has 3 aromatic rings. The van der Waals surface area contributed by atoms with Crippen LogP contribution in [0, 0.1) is 0 Å². The number of thiophene rings is 1. The summed E-state index contributed by atoms with van der Waals surface area (Å²) in [5, 5.41) is 20.0. The molecule has 0 fully saturated rings. The highest BCUT2D eigenvalue weighted by molar-refractivity contribution is 7.09. The van der Waals surface area contributed by atoms with Gasteiger partial charge >= 0.3 is 0 Å². The molecule has 5 heteroatoms. The van der Waals surface area contributed by atoms with Gasteiger partial charge in [-0.1, -0.05) is 36.4 Å². The molecule has 0 saturated carbocycles. The lowest BCUT2D eigenvalue weighted by atomic mass is 10.1. The van der Waals surface area contributed by atoms with Crippen molar-refractivity contribution in [3.05, 3.63) is 63.6 Å². The molecule has 0 spiro atoms. The summed E-state index contributed by atoms with van der Waals surface area (Å²) in [5.41, 5.74) is 3.87. The van der Waals surface area contributed by atoms with Gasteiger partial charge < -0.3 is 5.11 Å². The zero-order valence-electron chi connectivity index (χ0n) is 11.9. The number of nitrogens with zero attached hydrogens (tertiary/aromatic N) is 3. The third-order valence-electron chi connectivity index (χ3n) is 3.52. The molecule has 1 N–H and O–H groups in total. The number of rotatable bonds is 5. The Balaban J connectivity index is 2.08. The van der Waals surface area contributed by atoms with Crippen LogP contribution in [0.1, 0.15) is 28.8 Å². The third-order valence-corrected chi connectivity index (χ3v) is 4.39. The van der Waals surface area contributed by atoms with Crippen molar-refractivity contribution in [3.63, 3.8) is 0 Å². The van der Waals surface area contributed by atoms with Gasteiger partial charge in [-0.2, -0.15) is 0 Å². The standard InChI is InChI=1S/C16H17N3OS/c1-2-12-6-3-4-8-15(12)19-16(14(11-20)17-18-19)10-13-7-5-9-21-13/h3-9,20H,2,10-11H2,1H3. The van der Waals surface area contributed by atoms with Crippen LogP contribution in [0.5, 0.6) is 0 Å². The SMILES string of the molecule is CCc1ccccc1-n1nnc(CO)c1Cc1cccs1. The largest absolute Gasteiger partial charge is 0.390 e. The lowest BCUT2D eigenvalue weighted by Crippen LogP contribution is -2.06. The average molecular weight is 299 g/mol. The number of aromatic nitrogens is 3. The Bertz CT molecular complexity index is 719. The molecule has 0 radical (unpaired) electrons. The van der Waals surface area contributed by atoms with E-state index in [1.54, 1.807) is 11.3 Å². The van der Waals surface area contributed by atoms with Crippen LogP contribution in [0.3, 0.4) is 0 Å². The molecule has 0 aliphatic carbocycles. The number of aliphatic hydroxyl groups excluding tert-OH is 1. The summed E-state index contributed by atoms with van der Waals surface area (Å²) >= 11 is 1.70.